The molecule has 2 aromatic rings. The average Bonchev–Trinajstić information content (AvgIpc) is 2.73. The van der Waals surface area contributed by atoms with Crippen LogP contribution in [0.2, 0.25) is 0 Å². The Balaban J connectivity index is 2.02. The smallest absolute Gasteiger partial charge is 0.251 e. The lowest BCUT2D eigenvalue weighted by Crippen LogP contribution is -2.23. The highest BCUT2D eigenvalue weighted by Gasteiger charge is 2.14. The van der Waals surface area contributed by atoms with E-state index in [9.17, 15) is 4.79 Å². The van der Waals surface area contributed by atoms with Gasteiger partial charge in [-0.15, -0.1) is 0 Å². The molecule has 112 valence electrons. The molecular formula is C17H23N3O. The predicted octanol–water partition coefficient (Wildman–Crippen LogP) is 2.96. The Kier molecular flexibility index (Phi) is 4.16. The molecule has 2 rings (SSSR count). The summed E-state index contributed by atoms with van der Waals surface area (Å²) >= 11 is 0. The van der Waals surface area contributed by atoms with Gasteiger partial charge in [0.05, 0.1) is 5.69 Å². The van der Waals surface area contributed by atoms with Gasteiger partial charge in [0.15, 0.2) is 0 Å². The van der Waals surface area contributed by atoms with E-state index in [1.54, 1.807) is 4.68 Å². The maximum Gasteiger partial charge on any atom is 0.251 e. The second-order valence-corrected chi connectivity index (χ2v) is 6.42. The molecule has 0 aliphatic heterocycles. The summed E-state index contributed by atoms with van der Waals surface area (Å²) < 4.78 is 1.76. The van der Waals surface area contributed by atoms with Gasteiger partial charge >= 0.3 is 0 Å². The Morgan fingerprint density at radius 3 is 2.33 bits per heavy atom. The van der Waals surface area contributed by atoms with Gasteiger partial charge < -0.3 is 5.32 Å². The van der Waals surface area contributed by atoms with Crippen LogP contribution in [0.1, 0.15) is 48.0 Å². The lowest BCUT2D eigenvalue weighted by Gasteiger charge is -2.19. The topological polar surface area (TPSA) is 46.9 Å². The van der Waals surface area contributed by atoms with Crippen LogP contribution in [0.5, 0.6) is 0 Å². The summed E-state index contributed by atoms with van der Waals surface area (Å²) in [4.78, 5) is 12.2. The van der Waals surface area contributed by atoms with E-state index in [-0.39, 0.29) is 11.3 Å². The molecule has 0 aliphatic carbocycles. The van der Waals surface area contributed by atoms with Crippen molar-refractivity contribution in [2.75, 3.05) is 0 Å². The molecule has 1 heterocycles. The van der Waals surface area contributed by atoms with E-state index < -0.39 is 0 Å². The van der Waals surface area contributed by atoms with Crippen molar-refractivity contribution in [2.45, 2.75) is 39.7 Å². The molecule has 4 nitrogen and oxygen atoms in total. The fraction of sp³-hybridized carbons (Fsp3) is 0.412. The van der Waals surface area contributed by atoms with Gasteiger partial charge in [0.25, 0.3) is 5.91 Å². The van der Waals surface area contributed by atoms with Crippen LogP contribution in [-0.2, 0) is 19.0 Å². The van der Waals surface area contributed by atoms with Crippen LogP contribution in [0.3, 0.4) is 0 Å². The van der Waals surface area contributed by atoms with E-state index in [1.807, 2.05) is 44.4 Å². The van der Waals surface area contributed by atoms with Gasteiger partial charge in [0, 0.05) is 30.9 Å². The molecule has 0 saturated carbocycles. The number of carbonyl (C=O) groups excluding carboxylic acids is 1. The Hall–Kier alpha value is -2.10. The molecule has 0 saturated heterocycles. The minimum absolute atomic E-state index is 0.0567. The zero-order chi connectivity index (χ0) is 15.6. The second-order valence-electron chi connectivity index (χ2n) is 6.42. The first kappa shape index (κ1) is 15.3. The van der Waals surface area contributed by atoms with Crippen molar-refractivity contribution in [3.8, 4) is 0 Å². The molecule has 0 unspecified atom stereocenters. The van der Waals surface area contributed by atoms with Gasteiger partial charge in [-0.2, -0.15) is 5.10 Å². The number of aryl methyl sites for hydroxylation is 2. The minimum Gasteiger partial charge on any atom is -0.348 e. The third kappa shape index (κ3) is 3.72. The lowest BCUT2D eigenvalue weighted by atomic mass is 9.87. The fourth-order valence-corrected chi connectivity index (χ4v) is 2.22. The number of carbonyl (C=O) groups is 1. The Morgan fingerprint density at radius 2 is 1.86 bits per heavy atom. The minimum atomic E-state index is -0.0567. The molecule has 1 amide bonds. The van der Waals surface area contributed by atoms with Gasteiger partial charge in [-0.1, -0.05) is 32.9 Å². The number of rotatable bonds is 3. The van der Waals surface area contributed by atoms with Crippen molar-refractivity contribution >= 4 is 5.91 Å². The molecule has 4 heteroatoms. The monoisotopic (exact) mass is 285 g/mol. The molecule has 0 bridgehead atoms. The van der Waals surface area contributed by atoms with Crippen LogP contribution in [0.15, 0.2) is 30.5 Å². The Morgan fingerprint density at radius 1 is 1.24 bits per heavy atom. The van der Waals surface area contributed by atoms with E-state index in [0.717, 1.165) is 11.3 Å². The first-order chi connectivity index (χ1) is 9.77. The number of nitrogens with zero attached hydrogens (tertiary/aromatic N) is 2. The predicted molar refractivity (Wildman–Crippen MR) is 84.3 cm³/mol. The Labute approximate surface area is 126 Å². The first-order valence-electron chi connectivity index (χ1n) is 7.15. The number of hydrogen-bond acceptors (Lipinski definition) is 2. The second kappa shape index (κ2) is 5.72. The molecule has 0 fully saturated rings. The van der Waals surface area contributed by atoms with E-state index in [2.05, 4.69) is 31.2 Å². The highest BCUT2D eigenvalue weighted by atomic mass is 16.1. The third-order valence-corrected chi connectivity index (χ3v) is 3.57. The van der Waals surface area contributed by atoms with Crippen LogP contribution >= 0.6 is 0 Å². The van der Waals surface area contributed by atoms with E-state index >= 15 is 0 Å². The van der Waals surface area contributed by atoms with Crippen molar-refractivity contribution in [2.24, 2.45) is 7.05 Å². The highest BCUT2D eigenvalue weighted by Crippen LogP contribution is 2.22. The van der Waals surface area contributed by atoms with Crippen molar-refractivity contribution in [3.63, 3.8) is 0 Å². The number of nitrogens with one attached hydrogen (secondary N) is 1. The summed E-state index contributed by atoms with van der Waals surface area (Å²) in [7, 11) is 1.88. The summed E-state index contributed by atoms with van der Waals surface area (Å²) in [5, 5.41) is 7.20. The molecule has 0 spiro atoms. The van der Waals surface area contributed by atoms with Gasteiger partial charge in [0.2, 0.25) is 0 Å². The fourth-order valence-electron chi connectivity index (χ4n) is 2.22. The average molecular weight is 285 g/mol. The normalized spacial score (nSPS) is 11.5. The maximum atomic E-state index is 12.2. The van der Waals surface area contributed by atoms with Crippen LogP contribution in [0.25, 0.3) is 0 Å². The molecule has 21 heavy (non-hydrogen) atoms. The van der Waals surface area contributed by atoms with Crippen LogP contribution in [-0.4, -0.2) is 15.7 Å². The van der Waals surface area contributed by atoms with Crippen molar-refractivity contribution < 1.29 is 4.79 Å². The maximum absolute atomic E-state index is 12.2. The lowest BCUT2D eigenvalue weighted by molar-refractivity contribution is 0.0951. The molecule has 0 atom stereocenters. The van der Waals surface area contributed by atoms with Gasteiger partial charge in [-0.25, -0.2) is 0 Å². The largest absolute Gasteiger partial charge is 0.348 e. The summed E-state index contributed by atoms with van der Waals surface area (Å²) in [5.41, 5.74) is 3.99. The summed E-state index contributed by atoms with van der Waals surface area (Å²) in [5.74, 6) is -0.0567. The number of aromatic nitrogens is 2. The molecule has 1 N–H and O–H groups in total. The van der Waals surface area contributed by atoms with E-state index in [0.29, 0.717) is 12.1 Å². The summed E-state index contributed by atoms with van der Waals surface area (Å²) in [6.45, 7) is 8.92. The number of hydrogen-bond donors (Lipinski definition) is 1. The SMILES string of the molecule is Cc1nn(C)cc1CNC(=O)c1ccc(C(C)(C)C)cc1. The molecule has 0 aliphatic rings. The standard InChI is InChI=1S/C17H23N3O/c1-12-14(11-20(5)19-12)10-18-16(21)13-6-8-15(9-7-13)17(2,3)4/h6-9,11H,10H2,1-5H3,(H,18,21). The third-order valence-electron chi connectivity index (χ3n) is 3.57. The number of amides is 1. The zero-order valence-corrected chi connectivity index (χ0v) is 13.4. The van der Waals surface area contributed by atoms with E-state index in [1.165, 1.54) is 5.56 Å². The van der Waals surface area contributed by atoms with Crippen molar-refractivity contribution in [1.82, 2.24) is 15.1 Å². The van der Waals surface area contributed by atoms with Crippen LogP contribution in [0.4, 0.5) is 0 Å². The molecular weight excluding hydrogens is 262 g/mol. The first-order valence-corrected chi connectivity index (χ1v) is 7.15. The van der Waals surface area contributed by atoms with Gasteiger partial charge in [0.1, 0.15) is 0 Å². The highest BCUT2D eigenvalue weighted by molar-refractivity contribution is 5.94. The van der Waals surface area contributed by atoms with Crippen molar-refractivity contribution in [3.05, 3.63) is 52.8 Å². The molecule has 1 aromatic heterocycles. The summed E-state index contributed by atoms with van der Waals surface area (Å²) in [6, 6.07) is 7.80. The van der Waals surface area contributed by atoms with Crippen molar-refractivity contribution in [1.29, 1.82) is 0 Å². The number of benzene rings is 1. The van der Waals surface area contributed by atoms with Gasteiger partial charge in [-0.05, 0) is 30.0 Å². The quantitative estimate of drug-likeness (QED) is 0.942. The zero-order valence-electron chi connectivity index (χ0n) is 13.4. The van der Waals surface area contributed by atoms with Crippen LogP contribution in [0, 0.1) is 6.92 Å². The van der Waals surface area contributed by atoms with Crippen LogP contribution < -0.4 is 5.32 Å². The molecule has 1 aromatic carbocycles. The Bertz CT molecular complexity index is 633. The summed E-state index contributed by atoms with van der Waals surface area (Å²) in [6.07, 6.45) is 1.93. The van der Waals surface area contributed by atoms with E-state index in [4.69, 9.17) is 0 Å². The molecule has 0 radical (unpaired) electrons. The van der Waals surface area contributed by atoms with Gasteiger partial charge in [-0.3, -0.25) is 9.48 Å².